The number of anilines is 1. The van der Waals surface area contributed by atoms with E-state index in [0.29, 0.717) is 24.8 Å². The first-order valence-corrected chi connectivity index (χ1v) is 10.6. The normalized spacial score (nSPS) is 15.6. The summed E-state index contributed by atoms with van der Waals surface area (Å²) >= 11 is 0. The number of amides is 1. The van der Waals surface area contributed by atoms with Crippen LogP contribution in [0, 0.1) is 6.92 Å². The number of hydrogen-bond donors (Lipinski definition) is 3. The van der Waals surface area contributed by atoms with Crippen molar-refractivity contribution in [2.45, 2.75) is 38.8 Å². The lowest BCUT2D eigenvalue weighted by molar-refractivity contribution is -0.116. The number of aromatic nitrogens is 1. The number of nitrogens with one attached hydrogen (secondary N) is 3. The molecule has 7 nitrogen and oxygen atoms in total. The quantitative estimate of drug-likeness (QED) is 0.485. The van der Waals surface area contributed by atoms with Crippen molar-refractivity contribution in [1.82, 2.24) is 20.5 Å². The molecule has 0 unspecified atom stereocenters. The predicted molar refractivity (Wildman–Crippen MR) is 121 cm³/mol. The molecule has 7 heteroatoms. The van der Waals surface area contributed by atoms with E-state index in [1.807, 2.05) is 19.1 Å². The van der Waals surface area contributed by atoms with Gasteiger partial charge in [-0.2, -0.15) is 0 Å². The van der Waals surface area contributed by atoms with Gasteiger partial charge < -0.3 is 16.0 Å². The largest absolute Gasteiger partial charge is 0.356 e. The maximum Gasteiger partial charge on any atom is 0.227 e. The molecular formula is C23H32N6O. The maximum atomic E-state index is 12.1. The van der Waals surface area contributed by atoms with E-state index in [2.05, 4.69) is 61.2 Å². The SMILES string of the molecule is CN=C(NCCC(=O)Nc1cccc(C)n1)NC1CCN(Cc2ccccc2)CC1. The number of likely N-dealkylation sites (tertiary alicyclic amines) is 1. The number of pyridine rings is 1. The summed E-state index contributed by atoms with van der Waals surface area (Å²) in [7, 11) is 1.76. The van der Waals surface area contributed by atoms with Crippen molar-refractivity contribution in [2.75, 3.05) is 32.0 Å². The van der Waals surface area contributed by atoms with E-state index in [-0.39, 0.29) is 5.91 Å². The lowest BCUT2D eigenvalue weighted by atomic mass is 10.0. The molecule has 160 valence electrons. The number of carbonyl (C=O) groups is 1. The van der Waals surface area contributed by atoms with Gasteiger partial charge in [-0.15, -0.1) is 0 Å². The zero-order valence-corrected chi connectivity index (χ0v) is 17.9. The zero-order chi connectivity index (χ0) is 21.2. The van der Waals surface area contributed by atoms with Crippen LogP contribution in [0.1, 0.15) is 30.5 Å². The van der Waals surface area contributed by atoms with Crippen molar-refractivity contribution in [2.24, 2.45) is 4.99 Å². The Hall–Kier alpha value is -2.93. The van der Waals surface area contributed by atoms with Crippen molar-refractivity contribution in [3.63, 3.8) is 0 Å². The Bertz CT molecular complexity index is 831. The van der Waals surface area contributed by atoms with Crippen LogP contribution >= 0.6 is 0 Å². The summed E-state index contributed by atoms with van der Waals surface area (Å²) in [6.45, 7) is 5.56. The van der Waals surface area contributed by atoms with Gasteiger partial charge in [0, 0.05) is 51.4 Å². The Labute approximate surface area is 179 Å². The molecule has 3 N–H and O–H groups in total. The molecule has 1 aromatic carbocycles. The van der Waals surface area contributed by atoms with Gasteiger partial charge >= 0.3 is 0 Å². The molecule has 2 heterocycles. The molecule has 1 aliphatic heterocycles. The molecule has 1 aliphatic rings. The van der Waals surface area contributed by atoms with Gasteiger partial charge in [-0.1, -0.05) is 36.4 Å². The molecule has 0 aliphatic carbocycles. The number of rotatable bonds is 7. The molecular weight excluding hydrogens is 376 g/mol. The van der Waals surface area contributed by atoms with E-state index in [4.69, 9.17) is 0 Å². The van der Waals surface area contributed by atoms with Crippen LogP contribution in [0.3, 0.4) is 0 Å². The molecule has 1 saturated heterocycles. The number of guanidine groups is 1. The van der Waals surface area contributed by atoms with Gasteiger partial charge in [-0.3, -0.25) is 14.7 Å². The summed E-state index contributed by atoms with van der Waals surface area (Å²) < 4.78 is 0. The molecule has 1 fully saturated rings. The van der Waals surface area contributed by atoms with Crippen LogP contribution in [-0.2, 0) is 11.3 Å². The standard InChI is InChI=1S/C23H32N6O/c1-18-7-6-10-21(26-18)28-22(30)11-14-25-23(24-2)27-20-12-15-29(16-13-20)17-19-8-4-3-5-9-19/h3-10,20H,11-17H2,1-2H3,(H2,24,25,27)(H,26,28,30). The molecule has 0 spiro atoms. The second-order valence-electron chi connectivity index (χ2n) is 7.64. The van der Waals surface area contributed by atoms with Gasteiger partial charge in [0.25, 0.3) is 0 Å². The highest BCUT2D eigenvalue weighted by Gasteiger charge is 2.20. The second kappa shape index (κ2) is 11.3. The van der Waals surface area contributed by atoms with Gasteiger partial charge in [-0.25, -0.2) is 4.98 Å². The lowest BCUT2D eigenvalue weighted by Gasteiger charge is -2.33. The van der Waals surface area contributed by atoms with Gasteiger partial charge in [0.1, 0.15) is 5.82 Å². The Balaban J connectivity index is 1.34. The molecule has 1 aromatic heterocycles. The summed E-state index contributed by atoms with van der Waals surface area (Å²) in [5.74, 6) is 1.27. The van der Waals surface area contributed by atoms with E-state index >= 15 is 0 Å². The van der Waals surface area contributed by atoms with E-state index in [1.165, 1.54) is 5.56 Å². The summed E-state index contributed by atoms with van der Waals surface area (Å²) in [6.07, 6.45) is 2.51. The van der Waals surface area contributed by atoms with Gasteiger partial charge in [-0.05, 0) is 37.5 Å². The average molecular weight is 409 g/mol. The molecule has 0 radical (unpaired) electrons. The zero-order valence-electron chi connectivity index (χ0n) is 17.9. The molecule has 2 aromatic rings. The maximum absolute atomic E-state index is 12.1. The fourth-order valence-corrected chi connectivity index (χ4v) is 3.58. The number of benzene rings is 1. The number of nitrogens with zero attached hydrogens (tertiary/aromatic N) is 3. The highest BCUT2D eigenvalue weighted by atomic mass is 16.1. The number of aryl methyl sites for hydroxylation is 1. The van der Waals surface area contributed by atoms with Crippen molar-refractivity contribution in [3.8, 4) is 0 Å². The van der Waals surface area contributed by atoms with Crippen LogP contribution in [0.15, 0.2) is 53.5 Å². The van der Waals surface area contributed by atoms with Crippen molar-refractivity contribution in [1.29, 1.82) is 0 Å². The molecule has 1 amide bonds. The smallest absolute Gasteiger partial charge is 0.227 e. The van der Waals surface area contributed by atoms with Crippen LogP contribution < -0.4 is 16.0 Å². The minimum atomic E-state index is -0.0646. The van der Waals surface area contributed by atoms with Crippen molar-refractivity contribution >= 4 is 17.7 Å². The topological polar surface area (TPSA) is 81.6 Å². The summed E-state index contributed by atoms with van der Waals surface area (Å²) in [4.78, 5) is 23.2. The minimum absolute atomic E-state index is 0.0646. The van der Waals surface area contributed by atoms with Crippen molar-refractivity contribution in [3.05, 3.63) is 59.8 Å². The predicted octanol–water partition coefficient (Wildman–Crippen LogP) is 2.55. The lowest BCUT2D eigenvalue weighted by Crippen LogP contribution is -2.48. The van der Waals surface area contributed by atoms with Crippen LogP contribution in [-0.4, -0.2) is 54.5 Å². The Morgan fingerprint density at radius 3 is 2.60 bits per heavy atom. The first kappa shape index (κ1) is 21.8. The van der Waals surface area contributed by atoms with Crippen LogP contribution in [0.4, 0.5) is 5.82 Å². The van der Waals surface area contributed by atoms with E-state index in [0.717, 1.165) is 44.1 Å². The third kappa shape index (κ3) is 7.15. The second-order valence-corrected chi connectivity index (χ2v) is 7.64. The van der Waals surface area contributed by atoms with Crippen molar-refractivity contribution < 1.29 is 4.79 Å². The fourth-order valence-electron chi connectivity index (χ4n) is 3.58. The number of carbonyl (C=O) groups excluding carboxylic acids is 1. The Morgan fingerprint density at radius 2 is 1.90 bits per heavy atom. The van der Waals surface area contributed by atoms with E-state index in [1.54, 1.807) is 13.1 Å². The average Bonchev–Trinajstić information content (AvgIpc) is 2.75. The summed E-state index contributed by atoms with van der Waals surface area (Å²) in [5, 5.41) is 9.55. The Morgan fingerprint density at radius 1 is 1.13 bits per heavy atom. The van der Waals surface area contributed by atoms with E-state index in [9.17, 15) is 4.79 Å². The first-order chi connectivity index (χ1) is 14.6. The first-order valence-electron chi connectivity index (χ1n) is 10.6. The Kier molecular flexibility index (Phi) is 8.20. The molecule has 0 saturated carbocycles. The van der Waals surface area contributed by atoms with Crippen LogP contribution in [0.25, 0.3) is 0 Å². The molecule has 0 bridgehead atoms. The van der Waals surface area contributed by atoms with Gasteiger partial charge in [0.2, 0.25) is 5.91 Å². The highest BCUT2D eigenvalue weighted by molar-refractivity contribution is 5.90. The van der Waals surface area contributed by atoms with Gasteiger partial charge in [0.15, 0.2) is 5.96 Å². The van der Waals surface area contributed by atoms with Gasteiger partial charge in [0.05, 0.1) is 0 Å². The molecule has 30 heavy (non-hydrogen) atoms. The van der Waals surface area contributed by atoms with Crippen LogP contribution in [0.2, 0.25) is 0 Å². The fraction of sp³-hybridized carbons (Fsp3) is 0.435. The van der Waals surface area contributed by atoms with E-state index < -0.39 is 0 Å². The number of aliphatic imine (C=N–C) groups is 1. The third-order valence-electron chi connectivity index (χ3n) is 5.20. The minimum Gasteiger partial charge on any atom is -0.356 e. The van der Waals surface area contributed by atoms with Crippen LogP contribution in [0.5, 0.6) is 0 Å². The molecule has 3 rings (SSSR count). The number of piperidine rings is 1. The monoisotopic (exact) mass is 408 g/mol. The summed E-state index contributed by atoms with van der Waals surface area (Å²) in [5.41, 5.74) is 2.24. The summed E-state index contributed by atoms with van der Waals surface area (Å²) in [6, 6.07) is 16.6. The highest BCUT2D eigenvalue weighted by Crippen LogP contribution is 2.13. The molecule has 0 atom stereocenters. The number of hydrogen-bond acceptors (Lipinski definition) is 4. The third-order valence-corrected chi connectivity index (χ3v) is 5.20.